The van der Waals surface area contributed by atoms with Crippen LogP contribution < -0.4 is 5.32 Å². The van der Waals surface area contributed by atoms with Crippen LogP contribution in [-0.2, 0) is 12.8 Å². The molecule has 1 N–H and O–H groups in total. The van der Waals surface area contributed by atoms with Crippen molar-refractivity contribution in [3.63, 3.8) is 0 Å². The standard InChI is InChI=1S/C16H20BrN/c17-14-2-1-12-8-16(6-5-11(12)7-14)9-13(16)10-18-15-3-4-15/h1-2,7,13,15,18H,3-6,8-10H2. The number of nitrogens with one attached hydrogen (secondary N) is 1. The van der Waals surface area contributed by atoms with E-state index in [0.29, 0.717) is 5.41 Å². The number of hydrogen-bond acceptors (Lipinski definition) is 1. The van der Waals surface area contributed by atoms with Gasteiger partial charge in [-0.15, -0.1) is 0 Å². The van der Waals surface area contributed by atoms with E-state index in [1.54, 1.807) is 11.1 Å². The van der Waals surface area contributed by atoms with Crippen LogP contribution >= 0.6 is 15.9 Å². The third-order valence-corrected chi connectivity index (χ3v) is 5.69. The fourth-order valence-electron chi connectivity index (χ4n) is 3.69. The number of hydrogen-bond donors (Lipinski definition) is 1. The molecule has 0 amide bonds. The van der Waals surface area contributed by atoms with Crippen molar-refractivity contribution in [1.29, 1.82) is 0 Å². The van der Waals surface area contributed by atoms with Crippen LogP contribution in [0.5, 0.6) is 0 Å². The Morgan fingerprint density at radius 2 is 2.17 bits per heavy atom. The molecule has 3 aliphatic carbocycles. The van der Waals surface area contributed by atoms with E-state index in [-0.39, 0.29) is 0 Å². The maximum atomic E-state index is 3.72. The first-order valence-electron chi connectivity index (χ1n) is 7.26. The first kappa shape index (κ1) is 11.5. The second kappa shape index (κ2) is 4.08. The first-order chi connectivity index (χ1) is 8.75. The molecule has 0 aromatic heterocycles. The molecule has 0 radical (unpaired) electrons. The molecule has 0 aliphatic heterocycles. The van der Waals surface area contributed by atoms with Crippen LogP contribution in [0.25, 0.3) is 0 Å². The van der Waals surface area contributed by atoms with Crippen LogP contribution in [0.3, 0.4) is 0 Å². The van der Waals surface area contributed by atoms with Gasteiger partial charge >= 0.3 is 0 Å². The van der Waals surface area contributed by atoms with Crippen molar-refractivity contribution in [2.45, 2.75) is 44.6 Å². The minimum Gasteiger partial charge on any atom is -0.314 e. The molecule has 1 aromatic carbocycles. The lowest BCUT2D eigenvalue weighted by Crippen LogP contribution is -2.24. The fraction of sp³-hybridized carbons (Fsp3) is 0.625. The summed E-state index contributed by atoms with van der Waals surface area (Å²) in [7, 11) is 0. The normalized spacial score (nSPS) is 33.5. The highest BCUT2D eigenvalue weighted by atomic mass is 79.9. The Morgan fingerprint density at radius 1 is 1.28 bits per heavy atom. The van der Waals surface area contributed by atoms with Crippen molar-refractivity contribution in [2.24, 2.45) is 11.3 Å². The molecule has 2 fully saturated rings. The highest BCUT2D eigenvalue weighted by molar-refractivity contribution is 9.10. The SMILES string of the molecule is Brc1ccc2c(c1)CCC1(C2)CC1CNC1CC1. The largest absolute Gasteiger partial charge is 0.314 e. The summed E-state index contributed by atoms with van der Waals surface area (Å²) < 4.78 is 1.24. The number of halogens is 1. The van der Waals surface area contributed by atoms with E-state index in [0.717, 1.165) is 12.0 Å². The van der Waals surface area contributed by atoms with E-state index in [1.165, 1.54) is 49.5 Å². The van der Waals surface area contributed by atoms with E-state index >= 15 is 0 Å². The second-order valence-electron chi connectivity index (χ2n) is 6.54. The van der Waals surface area contributed by atoms with E-state index in [4.69, 9.17) is 0 Å². The van der Waals surface area contributed by atoms with Crippen molar-refractivity contribution in [1.82, 2.24) is 5.32 Å². The Balaban J connectivity index is 1.45. The first-order valence-corrected chi connectivity index (χ1v) is 8.05. The van der Waals surface area contributed by atoms with Gasteiger partial charge in [0.05, 0.1) is 0 Å². The molecule has 0 saturated heterocycles. The lowest BCUT2D eigenvalue weighted by atomic mass is 9.80. The zero-order valence-corrected chi connectivity index (χ0v) is 12.3. The van der Waals surface area contributed by atoms with E-state index in [1.807, 2.05) is 0 Å². The molecule has 2 atom stereocenters. The molecule has 18 heavy (non-hydrogen) atoms. The maximum absolute atomic E-state index is 3.72. The van der Waals surface area contributed by atoms with Crippen molar-refractivity contribution in [3.8, 4) is 0 Å². The zero-order chi connectivity index (χ0) is 12.2. The van der Waals surface area contributed by atoms with Crippen LogP contribution in [0.2, 0.25) is 0 Å². The molecule has 2 heteroatoms. The molecule has 2 unspecified atom stereocenters. The highest BCUT2D eigenvalue weighted by Gasteiger charge is 2.54. The predicted molar refractivity (Wildman–Crippen MR) is 77.7 cm³/mol. The summed E-state index contributed by atoms with van der Waals surface area (Å²) in [5.74, 6) is 0.954. The Labute approximate surface area is 117 Å². The van der Waals surface area contributed by atoms with Gasteiger partial charge in [0, 0.05) is 10.5 Å². The van der Waals surface area contributed by atoms with Gasteiger partial charge in [-0.25, -0.2) is 0 Å². The average molecular weight is 306 g/mol. The molecule has 0 bridgehead atoms. The number of benzene rings is 1. The zero-order valence-electron chi connectivity index (χ0n) is 10.7. The molecule has 4 rings (SSSR count). The van der Waals surface area contributed by atoms with E-state index < -0.39 is 0 Å². The molecule has 0 heterocycles. The number of rotatable bonds is 3. The summed E-state index contributed by atoms with van der Waals surface area (Å²) in [6.07, 6.45) is 8.31. The lowest BCUT2D eigenvalue weighted by molar-refractivity contribution is 0.384. The van der Waals surface area contributed by atoms with Gasteiger partial charge in [-0.1, -0.05) is 22.0 Å². The van der Waals surface area contributed by atoms with Gasteiger partial charge in [0.1, 0.15) is 0 Å². The summed E-state index contributed by atoms with van der Waals surface area (Å²) in [5, 5.41) is 3.72. The molecule has 1 aromatic rings. The summed E-state index contributed by atoms with van der Waals surface area (Å²) in [6, 6.07) is 7.73. The summed E-state index contributed by atoms with van der Waals surface area (Å²) in [6.45, 7) is 1.27. The lowest BCUT2D eigenvalue weighted by Gasteiger charge is -2.26. The minimum absolute atomic E-state index is 0.669. The van der Waals surface area contributed by atoms with Gasteiger partial charge in [-0.2, -0.15) is 0 Å². The van der Waals surface area contributed by atoms with Crippen LogP contribution in [0.15, 0.2) is 22.7 Å². The molecule has 1 nitrogen and oxygen atoms in total. The fourth-order valence-corrected chi connectivity index (χ4v) is 4.10. The van der Waals surface area contributed by atoms with Crippen LogP contribution in [0, 0.1) is 11.3 Å². The van der Waals surface area contributed by atoms with Gasteiger partial charge in [0.15, 0.2) is 0 Å². The topological polar surface area (TPSA) is 12.0 Å². The average Bonchev–Trinajstić information content (AvgIpc) is 3.25. The van der Waals surface area contributed by atoms with Crippen molar-refractivity contribution in [3.05, 3.63) is 33.8 Å². The van der Waals surface area contributed by atoms with Gasteiger partial charge in [-0.05, 0) is 79.7 Å². The molecule has 2 saturated carbocycles. The predicted octanol–water partition coefficient (Wildman–Crippen LogP) is 3.70. The second-order valence-corrected chi connectivity index (χ2v) is 7.45. The quantitative estimate of drug-likeness (QED) is 0.898. The Morgan fingerprint density at radius 3 is 3.00 bits per heavy atom. The van der Waals surface area contributed by atoms with Crippen LogP contribution in [-0.4, -0.2) is 12.6 Å². The number of aryl methyl sites for hydroxylation is 1. The molecular formula is C16H20BrN. The van der Waals surface area contributed by atoms with Crippen LogP contribution in [0.4, 0.5) is 0 Å². The third-order valence-electron chi connectivity index (χ3n) is 5.19. The summed E-state index contributed by atoms with van der Waals surface area (Å²) in [4.78, 5) is 0. The van der Waals surface area contributed by atoms with Gasteiger partial charge < -0.3 is 5.32 Å². The van der Waals surface area contributed by atoms with Crippen molar-refractivity contribution < 1.29 is 0 Å². The van der Waals surface area contributed by atoms with E-state index in [9.17, 15) is 0 Å². The maximum Gasteiger partial charge on any atom is 0.0178 e. The van der Waals surface area contributed by atoms with Crippen molar-refractivity contribution in [2.75, 3.05) is 6.54 Å². The minimum atomic E-state index is 0.669. The van der Waals surface area contributed by atoms with Gasteiger partial charge in [-0.3, -0.25) is 0 Å². The summed E-state index contributed by atoms with van der Waals surface area (Å²) in [5.41, 5.74) is 3.86. The Kier molecular flexibility index (Phi) is 2.60. The smallest absolute Gasteiger partial charge is 0.0178 e. The molecule has 96 valence electrons. The molecule has 1 spiro atoms. The number of fused-ring (bicyclic) bond motifs is 1. The highest BCUT2D eigenvalue weighted by Crippen LogP contribution is 2.59. The summed E-state index contributed by atoms with van der Waals surface area (Å²) >= 11 is 3.58. The van der Waals surface area contributed by atoms with E-state index in [2.05, 4.69) is 39.4 Å². The Hall–Kier alpha value is -0.340. The van der Waals surface area contributed by atoms with Gasteiger partial charge in [0.2, 0.25) is 0 Å². The van der Waals surface area contributed by atoms with Crippen LogP contribution in [0.1, 0.15) is 36.8 Å². The van der Waals surface area contributed by atoms with Crippen molar-refractivity contribution >= 4 is 15.9 Å². The van der Waals surface area contributed by atoms with Gasteiger partial charge in [0.25, 0.3) is 0 Å². The third kappa shape index (κ3) is 2.04. The Bertz CT molecular complexity index is 480. The molecule has 3 aliphatic rings. The molecular weight excluding hydrogens is 286 g/mol. The monoisotopic (exact) mass is 305 g/mol.